The summed E-state index contributed by atoms with van der Waals surface area (Å²) in [5.41, 5.74) is 4.07. The van der Waals surface area contributed by atoms with Crippen molar-refractivity contribution in [1.29, 1.82) is 0 Å². The van der Waals surface area contributed by atoms with E-state index in [2.05, 4.69) is 14.1 Å². The highest BCUT2D eigenvalue weighted by Gasteiger charge is 2.34. The van der Waals surface area contributed by atoms with Gasteiger partial charge < -0.3 is 19.5 Å². The minimum absolute atomic E-state index is 0.0723. The van der Waals surface area contributed by atoms with E-state index in [9.17, 15) is 4.79 Å². The molecule has 0 saturated heterocycles. The number of aromatic nitrogens is 2. The summed E-state index contributed by atoms with van der Waals surface area (Å²) in [6.07, 6.45) is 0.287. The first-order valence-electron chi connectivity index (χ1n) is 8.01. The van der Waals surface area contributed by atoms with Crippen LogP contribution in [0.5, 0.6) is 17.2 Å². The van der Waals surface area contributed by atoms with Crippen LogP contribution < -0.4 is 19.5 Å². The molecular formula is C18H17N3O4S. The predicted molar refractivity (Wildman–Crippen MR) is 98.6 cm³/mol. The van der Waals surface area contributed by atoms with E-state index in [1.54, 1.807) is 27.4 Å². The van der Waals surface area contributed by atoms with E-state index in [-0.39, 0.29) is 18.2 Å². The summed E-state index contributed by atoms with van der Waals surface area (Å²) in [6, 6.07) is 7.59. The van der Waals surface area contributed by atoms with Gasteiger partial charge in [0.15, 0.2) is 11.5 Å². The largest absolute Gasteiger partial charge is 0.493 e. The lowest BCUT2D eigenvalue weighted by molar-refractivity contribution is -0.116. The fourth-order valence-corrected chi connectivity index (χ4v) is 4.05. The van der Waals surface area contributed by atoms with Gasteiger partial charge in [0.05, 0.1) is 38.7 Å². The minimum Gasteiger partial charge on any atom is -0.493 e. The first kappa shape index (κ1) is 16.6. The van der Waals surface area contributed by atoms with E-state index < -0.39 is 0 Å². The molecule has 26 heavy (non-hydrogen) atoms. The Morgan fingerprint density at radius 2 is 1.92 bits per heavy atom. The molecule has 3 aromatic rings. The highest BCUT2D eigenvalue weighted by molar-refractivity contribution is 7.00. The highest BCUT2D eigenvalue weighted by Crippen LogP contribution is 2.51. The number of carbonyl (C=O) groups excluding carboxylic acids is 1. The van der Waals surface area contributed by atoms with Crippen molar-refractivity contribution in [2.24, 2.45) is 0 Å². The van der Waals surface area contributed by atoms with Gasteiger partial charge in [-0.1, -0.05) is 12.1 Å². The van der Waals surface area contributed by atoms with E-state index >= 15 is 0 Å². The van der Waals surface area contributed by atoms with Crippen molar-refractivity contribution in [2.45, 2.75) is 12.3 Å². The third-order valence-corrected chi connectivity index (χ3v) is 5.12. The van der Waals surface area contributed by atoms with Crippen molar-refractivity contribution < 1.29 is 19.0 Å². The fourth-order valence-electron chi connectivity index (χ4n) is 3.49. The van der Waals surface area contributed by atoms with Gasteiger partial charge in [-0.3, -0.25) is 4.79 Å². The van der Waals surface area contributed by atoms with Gasteiger partial charge in [-0.05, 0) is 11.6 Å². The van der Waals surface area contributed by atoms with E-state index in [1.165, 1.54) is 0 Å². The lowest BCUT2D eigenvalue weighted by atomic mass is 9.83. The molecule has 2 heterocycles. The summed E-state index contributed by atoms with van der Waals surface area (Å²) >= 11 is 1.16. The zero-order valence-electron chi connectivity index (χ0n) is 14.5. The van der Waals surface area contributed by atoms with Crippen LogP contribution in [0.15, 0.2) is 24.3 Å². The van der Waals surface area contributed by atoms with Gasteiger partial charge in [0, 0.05) is 24.0 Å². The average molecular weight is 371 g/mol. The number of amides is 1. The lowest BCUT2D eigenvalue weighted by Gasteiger charge is -2.29. The van der Waals surface area contributed by atoms with Crippen LogP contribution in [0.25, 0.3) is 11.0 Å². The molecule has 0 fully saturated rings. The average Bonchev–Trinajstić information content (AvgIpc) is 3.14. The third kappa shape index (κ3) is 2.45. The Bertz CT molecular complexity index is 1000. The van der Waals surface area contributed by atoms with Crippen LogP contribution in [-0.2, 0) is 4.79 Å². The highest BCUT2D eigenvalue weighted by atomic mass is 32.1. The smallest absolute Gasteiger partial charge is 0.225 e. The summed E-state index contributed by atoms with van der Waals surface area (Å²) in [5.74, 6) is 1.25. The summed E-state index contributed by atoms with van der Waals surface area (Å²) < 4.78 is 25.3. The molecule has 0 bridgehead atoms. The van der Waals surface area contributed by atoms with Crippen molar-refractivity contribution in [2.75, 3.05) is 26.6 Å². The summed E-state index contributed by atoms with van der Waals surface area (Å²) in [5, 5.41) is 2.91. The first-order valence-corrected chi connectivity index (χ1v) is 8.74. The number of ether oxygens (including phenoxy) is 3. The van der Waals surface area contributed by atoms with Crippen LogP contribution in [-0.4, -0.2) is 36.0 Å². The van der Waals surface area contributed by atoms with E-state index in [4.69, 9.17) is 14.2 Å². The molecule has 1 atom stereocenters. The van der Waals surface area contributed by atoms with E-state index in [0.29, 0.717) is 22.9 Å². The molecule has 134 valence electrons. The summed E-state index contributed by atoms with van der Waals surface area (Å²) in [4.78, 5) is 12.4. The van der Waals surface area contributed by atoms with Crippen LogP contribution in [0.3, 0.4) is 0 Å². The number of fused-ring (bicyclic) bond motifs is 2. The maximum atomic E-state index is 12.4. The molecule has 0 radical (unpaired) electrons. The summed E-state index contributed by atoms with van der Waals surface area (Å²) in [7, 11) is 4.69. The van der Waals surface area contributed by atoms with Crippen molar-refractivity contribution in [3.63, 3.8) is 0 Å². The van der Waals surface area contributed by atoms with Gasteiger partial charge in [0.2, 0.25) is 11.7 Å². The van der Waals surface area contributed by atoms with Crippen molar-refractivity contribution in [3.8, 4) is 17.2 Å². The van der Waals surface area contributed by atoms with Gasteiger partial charge in [-0.2, -0.15) is 8.75 Å². The molecular weight excluding hydrogens is 354 g/mol. The number of nitrogens with one attached hydrogen (secondary N) is 1. The lowest BCUT2D eigenvalue weighted by Crippen LogP contribution is -2.24. The predicted octanol–water partition coefficient (Wildman–Crippen LogP) is 3.19. The number of methoxy groups -OCH3 is 3. The molecule has 8 heteroatoms. The molecule has 0 aliphatic carbocycles. The molecule has 0 saturated carbocycles. The Kier molecular flexibility index (Phi) is 4.12. The van der Waals surface area contributed by atoms with Crippen molar-refractivity contribution in [1.82, 2.24) is 8.75 Å². The van der Waals surface area contributed by atoms with Crippen LogP contribution in [0.1, 0.15) is 23.5 Å². The number of carbonyl (C=O) groups is 1. The Hall–Kier alpha value is -2.87. The fraction of sp³-hybridized carbons (Fsp3) is 0.278. The second-order valence-electron chi connectivity index (χ2n) is 5.89. The van der Waals surface area contributed by atoms with Gasteiger partial charge in [-0.15, -0.1) is 0 Å². The molecule has 1 aromatic heterocycles. The third-order valence-electron chi connectivity index (χ3n) is 4.57. The van der Waals surface area contributed by atoms with Crippen LogP contribution in [0, 0.1) is 0 Å². The molecule has 1 aliphatic heterocycles. The number of rotatable bonds is 4. The van der Waals surface area contributed by atoms with Gasteiger partial charge in [0.1, 0.15) is 11.0 Å². The van der Waals surface area contributed by atoms with Crippen LogP contribution in [0.4, 0.5) is 5.69 Å². The normalized spacial score (nSPS) is 16.1. The van der Waals surface area contributed by atoms with Gasteiger partial charge in [-0.25, -0.2) is 0 Å². The molecule has 2 aromatic carbocycles. The zero-order chi connectivity index (χ0) is 18.3. The number of hydrogen-bond donors (Lipinski definition) is 1. The Balaban J connectivity index is 2.00. The first-order chi connectivity index (χ1) is 12.7. The monoisotopic (exact) mass is 371 g/mol. The van der Waals surface area contributed by atoms with Gasteiger partial charge >= 0.3 is 0 Å². The molecule has 0 spiro atoms. The summed E-state index contributed by atoms with van der Waals surface area (Å²) in [6.45, 7) is 0. The number of anilines is 1. The van der Waals surface area contributed by atoms with Gasteiger partial charge in [0.25, 0.3) is 0 Å². The van der Waals surface area contributed by atoms with Crippen LogP contribution >= 0.6 is 11.7 Å². The quantitative estimate of drug-likeness (QED) is 0.758. The maximum Gasteiger partial charge on any atom is 0.225 e. The Morgan fingerprint density at radius 3 is 2.65 bits per heavy atom. The maximum absolute atomic E-state index is 12.4. The van der Waals surface area contributed by atoms with Crippen molar-refractivity contribution in [3.05, 3.63) is 35.4 Å². The minimum atomic E-state index is -0.221. The molecule has 4 rings (SSSR count). The van der Waals surface area contributed by atoms with Crippen molar-refractivity contribution >= 4 is 34.4 Å². The molecule has 7 nitrogen and oxygen atoms in total. The van der Waals surface area contributed by atoms with E-state index in [0.717, 1.165) is 33.9 Å². The second-order valence-corrected chi connectivity index (χ2v) is 6.42. The van der Waals surface area contributed by atoms with Crippen LogP contribution in [0.2, 0.25) is 0 Å². The SMILES string of the molecule is COc1cc2c(c(OC)c1OC)C(c1cccc3nsnc13)CC(=O)N2. The molecule has 1 amide bonds. The molecule has 1 N–H and O–H groups in total. The molecule has 1 unspecified atom stereocenters. The Labute approximate surface area is 154 Å². The Morgan fingerprint density at radius 1 is 1.12 bits per heavy atom. The van der Waals surface area contributed by atoms with E-state index in [1.807, 2.05) is 18.2 Å². The number of nitrogens with zero attached hydrogens (tertiary/aromatic N) is 2. The standard InChI is InChI=1S/C18H17N3O4S/c1-23-13-8-12-15(18(25-3)17(13)24-2)10(7-14(22)19-12)9-5-4-6-11-16(9)21-26-20-11/h4-6,8,10H,7H2,1-3H3,(H,19,22). The second kappa shape index (κ2) is 6.45. The zero-order valence-corrected chi connectivity index (χ0v) is 15.3. The topological polar surface area (TPSA) is 82.6 Å². The number of hydrogen-bond acceptors (Lipinski definition) is 7. The molecule has 1 aliphatic rings. The number of benzene rings is 2.